The summed E-state index contributed by atoms with van der Waals surface area (Å²) in [7, 11) is 0. The Morgan fingerprint density at radius 1 is 1.13 bits per heavy atom. The van der Waals surface area contributed by atoms with Crippen LogP contribution >= 0.6 is 0 Å². The molecule has 2 amide bonds. The van der Waals surface area contributed by atoms with E-state index in [-0.39, 0.29) is 29.3 Å². The van der Waals surface area contributed by atoms with Gasteiger partial charge in [-0.25, -0.2) is 18.2 Å². The summed E-state index contributed by atoms with van der Waals surface area (Å²) in [6.07, 6.45) is 3.99. The first-order valence-corrected chi connectivity index (χ1v) is 13.0. The third-order valence-corrected chi connectivity index (χ3v) is 8.34. The molecule has 3 heterocycles. The van der Waals surface area contributed by atoms with E-state index in [1.807, 2.05) is 24.3 Å². The van der Waals surface area contributed by atoms with Crippen LogP contribution in [0.15, 0.2) is 60.9 Å². The summed E-state index contributed by atoms with van der Waals surface area (Å²) >= 11 is 0. The number of amides is 2. The zero-order chi connectivity index (χ0) is 27.5. The number of piperidine rings is 1. The lowest BCUT2D eigenvalue weighted by Gasteiger charge is -2.38. The Morgan fingerprint density at radius 2 is 1.92 bits per heavy atom. The molecule has 0 saturated carbocycles. The highest BCUT2D eigenvalue weighted by atomic mass is 19.2. The van der Waals surface area contributed by atoms with Gasteiger partial charge in [-0.15, -0.1) is 0 Å². The second kappa shape index (κ2) is 9.25. The van der Waals surface area contributed by atoms with Gasteiger partial charge in [0.25, 0.3) is 0 Å². The quantitative estimate of drug-likeness (QED) is 0.441. The highest BCUT2D eigenvalue weighted by Gasteiger charge is 2.47. The number of carbonyl (C=O) groups is 2. The number of anilines is 2. The minimum absolute atomic E-state index is 0.134. The Labute approximate surface area is 223 Å². The number of pyridine rings is 1. The van der Waals surface area contributed by atoms with Crippen molar-refractivity contribution in [2.45, 2.75) is 44.1 Å². The molecule has 1 aliphatic carbocycles. The van der Waals surface area contributed by atoms with Crippen LogP contribution in [0.1, 0.15) is 48.1 Å². The predicted molar refractivity (Wildman–Crippen MR) is 140 cm³/mol. The van der Waals surface area contributed by atoms with Gasteiger partial charge in [0, 0.05) is 40.0 Å². The van der Waals surface area contributed by atoms with Crippen molar-refractivity contribution in [3.63, 3.8) is 0 Å². The molecule has 6 rings (SSSR count). The second-order valence-electron chi connectivity index (χ2n) is 10.7. The molecule has 39 heavy (non-hydrogen) atoms. The van der Waals surface area contributed by atoms with Gasteiger partial charge in [0.15, 0.2) is 17.5 Å². The third kappa shape index (κ3) is 4.07. The van der Waals surface area contributed by atoms with Gasteiger partial charge in [-0.1, -0.05) is 31.7 Å². The van der Waals surface area contributed by atoms with E-state index >= 15 is 0 Å². The van der Waals surface area contributed by atoms with Crippen molar-refractivity contribution in [1.29, 1.82) is 0 Å². The Hall–Kier alpha value is -4.14. The summed E-state index contributed by atoms with van der Waals surface area (Å²) in [4.78, 5) is 31.8. The van der Waals surface area contributed by atoms with Crippen molar-refractivity contribution in [3.8, 4) is 0 Å². The topological polar surface area (TPSA) is 74.3 Å². The van der Waals surface area contributed by atoms with E-state index in [1.54, 1.807) is 13.1 Å². The molecule has 1 spiro atoms. The smallest absolute Gasteiger partial charge is 0.244 e. The largest absolute Gasteiger partial charge is 0.343 e. The molecule has 9 heteroatoms. The number of likely N-dealkylation sites (tertiary alicyclic amines) is 1. The lowest BCUT2D eigenvalue weighted by atomic mass is 9.78. The van der Waals surface area contributed by atoms with Crippen LogP contribution in [-0.4, -0.2) is 28.2 Å². The average Bonchev–Trinajstić information content (AvgIpc) is 3.43. The summed E-state index contributed by atoms with van der Waals surface area (Å²) in [5, 5.41) is 6.17. The van der Waals surface area contributed by atoms with E-state index in [0.717, 1.165) is 46.8 Å². The van der Waals surface area contributed by atoms with Crippen molar-refractivity contribution in [2.24, 2.45) is 5.92 Å². The molecule has 3 aliphatic rings. The van der Waals surface area contributed by atoms with E-state index in [0.29, 0.717) is 24.9 Å². The Kier molecular flexibility index (Phi) is 5.97. The number of halogens is 3. The minimum atomic E-state index is -1.59. The fourth-order valence-electron chi connectivity index (χ4n) is 6.26. The van der Waals surface area contributed by atoms with E-state index in [2.05, 4.69) is 28.3 Å². The van der Waals surface area contributed by atoms with E-state index < -0.39 is 29.4 Å². The SMILES string of the molecule is C=C1Nc2ncccc2C12Cc1ccc(NC(=O)CN3C(=O)C(C)CCC3c3ccc(F)c(F)c3F)cc1C2. The van der Waals surface area contributed by atoms with Gasteiger partial charge < -0.3 is 15.5 Å². The molecule has 3 atom stereocenters. The van der Waals surface area contributed by atoms with Crippen molar-refractivity contribution >= 4 is 23.3 Å². The lowest BCUT2D eigenvalue weighted by molar-refractivity contribution is -0.144. The number of nitrogens with one attached hydrogen (secondary N) is 2. The minimum Gasteiger partial charge on any atom is -0.343 e. The van der Waals surface area contributed by atoms with Gasteiger partial charge in [0.2, 0.25) is 11.8 Å². The number of rotatable bonds is 4. The van der Waals surface area contributed by atoms with Gasteiger partial charge in [0.1, 0.15) is 12.4 Å². The van der Waals surface area contributed by atoms with Crippen molar-refractivity contribution in [3.05, 3.63) is 101 Å². The maximum atomic E-state index is 14.6. The summed E-state index contributed by atoms with van der Waals surface area (Å²) in [5.41, 5.74) is 4.37. The van der Waals surface area contributed by atoms with Crippen LogP contribution in [0.2, 0.25) is 0 Å². The van der Waals surface area contributed by atoms with Crippen molar-refractivity contribution < 1.29 is 22.8 Å². The fraction of sp³-hybridized carbons (Fsp3) is 0.300. The van der Waals surface area contributed by atoms with E-state index in [4.69, 9.17) is 0 Å². The Bertz CT molecular complexity index is 1540. The number of nitrogens with zero attached hydrogens (tertiary/aromatic N) is 2. The number of benzene rings is 2. The van der Waals surface area contributed by atoms with E-state index in [9.17, 15) is 22.8 Å². The molecule has 6 nitrogen and oxygen atoms in total. The van der Waals surface area contributed by atoms with Gasteiger partial charge in [-0.2, -0.15) is 0 Å². The summed E-state index contributed by atoms with van der Waals surface area (Å²) in [5.74, 6) is -4.57. The van der Waals surface area contributed by atoms with Crippen LogP contribution < -0.4 is 10.6 Å². The number of aromatic nitrogens is 1. The predicted octanol–water partition coefficient (Wildman–Crippen LogP) is 5.41. The Balaban J connectivity index is 1.21. The molecule has 3 aromatic rings. The molecule has 1 saturated heterocycles. The monoisotopic (exact) mass is 532 g/mol. The average molecular weight is 533 g/mol. The standard InChI is InChI=1S/C30H27F3N4O2/c1-16-5-10-24(21-8-9-23(31)27(33)26(21)32)37(29(16)39)15-25(38)36-20-7-6-18-13-30(14-19(18)12-20)17(2)35-28-22(30)4-3-11-34-28/h3-4,6-9,11-12,16,24H,2,5,10,13-15H2,1H3,(H,34,35)(H,36,38). The molecule has 2 aliphatic heterocycles. The second-order valence-corrected chi connectivity index (χ2v) is 10.7. The van der Waals surface area contributed by atoms with Crippen LogP contribution in [0.25, 0.3) is 0 Å². The number of carbonyl (C=O) groups excluding carboxylic acids is 2. The zero-order valence-electron chi connectivity index (χ0n) is 21.4. The molecule has 2 aromatic carbocycles. The van der Waals surface area contributed by atoms with Gasteiger partial charge in [-0.3, -0.25) is 9.59 Å². The number of hydrogen-bond donors (Lipinski definition) is 2. The normalized spacial score (nSPS) is 23.5. The summed E-state index contributed by atoms with van der Waals surface area (Å²) in [6.45, 7) is 5.65. The van der Waals surface area contributed by atoms with Crippen LogP contribution in [0.4, 0.5) is 24.7 Å². The van der Waals surface area contributed by atoms with Gasteiger partial charge in [-0.05, 0) is 61.1 Å². The molecule has 3 unspecified atom stereocenters. The molecule has 1 fully saturated rings. The summed E-state index contributed by atoms with van der Waals surface area (Å²) in [6, 6.07) is 10.8. The molecular weight excluding hydrogens is 505 g/mol. The molecule has 1 aromatic heterocycles. The number of hydrogen-bond acceptors (Lipinski definition) is 4. The van der Waals surface area contributed by atoms with E-state index in [1.165, 1.54) is 4.90 Å². The van der Waals surface area contributed by atoms with Crippen LogP contribution in [0, 0.1) is 23.4 Å². The molecule has 0 bridgehead atoms. The zero-order valence-corrected chi connectivity index (χ0v) is 21.4. The maximum Gasteiger partial charge on any atom is 0.244 e. The molecule has 2 N–H and O–H groups in total. The Morgan fingerprint density at radius 3 is 2.74 bits per heavy atom. The fourth-order valence-corrected chi connectivity index (χ4v) is 6.26. The van der Waals surface area contributed by atoms with Gasteiger partial charge in [0.05, 0.1) is 6.04 Å². The first kappa shape index (κ1) is 25.2. The third-order valence-electron chi connectivity index (χ3n) is 8.34. The van der Waals surface area contributed by atoms with Crippen molar-refractivity contribution in [2.75, 3.05) is 17.2 Å². The lowest BCUT2D eigenvalue weighted by Crippen LogP contribution is -2.46. The summed E-state index contributed by atoms with van der Waals surface area (Å²) < 4.78 is 42.1. The first-order valence-electron chi connectivity index (χ1n) is 13.0. The highest BCUT2D eigenvalue weighted by Crippen LogP contribution is 2.50. The highest BCUT2D eigenvalue weighted by molar-refractivity contribution is 5.95. The van der Waals surface area contributed by atoms with Gasteiger partial charge >= 0.3 is 0 Å². The molecule has 200 valence electrons. The molecular formula is C30H27F3N4O2. The van der Waals surface area contributed by atoms with Crippen molar-refractivity contribution in [1.82, 2.24) is 9.88 Å². The number of fused-ring (bicyclic) bond motifs is 3. The number of allylic oxidation sites excluding steroid dienone is 1. The van der Waals surface area contributed by atoms with Crippen LogP contribution in [0.3, 0.4) is 0 Å². The van der Waals surface area contributed by atoms with Crippen LogP contribution in [-0.2, 0) is 27.8 Å². The maximum absolute atomic E-state index is 14.6. The first-order chi connectivity index (χ1) is 18.7. The molecule has 0 radical (unpaired) electrons. The van der Waals surface area contributed by atoms with Crippen LogP contribution in [0.5, 0.6) is 0 Å².